The summed E-state index contributed by atoms with van der Waals surface area (Å²) in [6, 6.07) is 0.322. The smallest absolute Gasteiger partial charge is 0.217 e. The third-order valence-corrected chi connectivity index (χ3v) is 3.62. The zero-order valence-corrected chi connectivity index (χ0v) is 14.1. The van der Waals surface area contributed by atoms with Crippen LogP contribution in [0.5, 0.6) is 0 Å². The SMILES string of the molecule is CCCCCCCCCCC(CC=C(C)C)NC(C)=O. The summed E-state index contributed by atoms with van der Waals surface area (Å²) in [5, 5.41) is 3.07. The second-order valence-corrected chi connectivity index (χ2v) is 6.18. The highest BCUT2D eigenvalue weighted by molar-refractivity contribution is 5.73. The van der Waals surface area contributed by atoms with E-state index in [9.17, 15) is 4.79 Å². The van der Waals surface area contributed by atoms with E-state index in [1.165, 1.54) is 56.9 Å². The van der Waals surface area contributed by atoms with Gasteiger partial charge in [-0.3, -0.25) is 4.79 Å². The fourth-order valence-electron chi connectivity index (χ4n) is 2.44. The first-order valence-electron chi connectivity index (χ1n) is 8.46. The third kappa shape index (κ3) is 13.6. The Bertz CT molecular complexity index is 267. The van der Waals surface area contributed by atoms with Crippen LogP contribution in [-0.2, 0) is 4.79 Å². The lowest BCUT2D eigenvalue weighted by molar-refractivity contribution is -0.119. The monoisotopic (exact) mass is 281 g/mol. The van der Waals surface area contributed by atoms with Crippen LogP contribution < -0.4 is 5.32 Å². The summed E-state index contributed by atoms with van der Waals surface area (Å²) in [4.78, 5) is 11.2. The van der Waals surface area contributed by atoms with Gasteiger partial charge in [0, 0.05) is 13.0 Å². The molecule has 20 heavy (non-hydrogen) atoms. The van der Waals surface area contributed by atoms with Gasteiger partial charge in [0.1, 0.15) is 0 Å². The van der Waals surface area contributed by atoms with Gasteiger partial charge >= 0.3 is 0 Å². The van der Waals surface area contributed by atoms with E-state index in [0.29, 0.717) is 6.04 Å². The lowest BCUT2D eigenvalue weighted by Crippen LogP contribution is -2.32. The first kappa shape index (κ1) is 19.2. The Morgan fingerprint density at radius 1 is 0.950 bits per heavy atom. The molecule has 0 aliphatic heterocycles. The molecule has 118 valence electrons. The van der Waals surface area contributed by atoms with Crippen LogP contribution >= 0.6 is 0 Å². The molecular formula is C18H35NO. The Morgan fingerprint density at radius 2 is 1.50 bits per heavy atom. The molecule has 0 aromatic heterocycles. The van der Waals surface area contributed by atoms with Crippen LogP contribution in [0.2, 0.25) is 0 Å². The van der Waals surface area contributed by atoms with Gasteiger partial charge in [0.05, 0.1) is 0 Å². The van der Waals surface area contributed by atoms with E-state index in [0.717, 1.165) is 12.8 Å². The minimum absolute atomic E-state index is 0.0942. The number of unbranched alkanes of at least 4 members (excludes halogenated alkanes) is 7. The summed E-state index contributed by atoms with van der Waals surface area (Å²) >= 11 is 0. The van der Waals surface area contributed by atoms with E-state index in [1.54, 1.807) is 6.92 Å². The van der Waals surface area contributed by atoms with E-state index in [2.05, 4.69) is 32.2 Å². The van der Waals surface area contributed by atoms with Crippen molar-refractivity contribution in [2.75, 3.05) is 0 Å². The van der Waals surface area contributed by atoms with Gasteiger partial charge in [-0.05, 0) is 26.7 Å². The Hall–Kier alpha value is -0.790. The van der Waals surface area contributed by atoms with E-state index in [1.807, 2.05) is 0 Å². The molecule has 1 unspecified atom stereocenters. The van der Waals surface area contributed by atoms with Crippen LogP contribution in [0.3, 0.4) is 0 Å². The molecule has 0 bridgehead atoms. The number of hydrogen-bond donors (Lipinski definition) is 1. The second-order valence-electron chi connectivity index (χ2n) is 6.18. The molecule has 1 N–H and O–H groups in total. The van der Waals surface area contributed by atoms with Crippen molar-refractivity contribution in [1.82, 2.24) is 5.32 Å². The normalized spacial score (nSPS) is 12.0. The highest BCUT2D eigenvalue weighted by Gasteiger charge is 2.07. The zero-order chi connectivity index (χ0) is 15.2. The van der Waals surface area contributed by atoms with Crippen LogP contribution in [0, 0.1) is 0 Å². The predicted molar refractivity (Wildman–Crippen MR) is 88.9 cm³/mol. The highest BCUT2D eigenvalue weighted by Crippen LogP contribution is 2.12. The number of carbonyl (C=O) groups is 1. The topological polar surface area (TPSA) is 29.1 Å². The lowest BCUT2D eigenvalue weighted by atomic mass is 10.0. The summed E-state index contributed by atoms with van der Waals surface area (Å²) < 4.78 is 0. The Kier molecular flexibility index (Phi) is 12.7. The molecule has 1 atom stereocenters. The standard InChI is InChI=1S/C18H35NO/c1-5-6-7-8-9-10-11-12-13-18(19-17(4)20)15-14-16(2)3/h14,18H,5-13,15H2,1-4H3,(H,19,20). The largest absolute Gasteiger partial charge is 0.353 e. The van der Waals surface area contributed by atoms with Crippen LogP contribution in [0.4, 0.5) is 0 Å². The summed E-state index contributed by atoms with van der Waals surface area (Å²) in [6.07, 6.45) is 15.1. The fourth-order valence-corrected chi connectivity index (χ4v) is 2.44. The molecule has 0 rings (SSSR count). The Morgan fingerprint density at radius 3 is 2.00 bits per heavy atom. The quantitative estimate of drug-likeness (QED) is 0.378. The average molecular weight is 281 g/mol. The lowest BCUT2D eigenvalue weighted by Gasteiger charge is -2.16. The number of nitrogens with one attached hydrogen (secondary N) is 1. The van der Waals surface area contributed by atoms with E-state index in [-0.39, 0.29) is 5.91 Å². The van der Waals surface area contributed by atoms with Gasteiger partial charge in [0.25, 0.3) is 0 Å². The maximum absolute atomic E-state index is 11.2. The maximum Gasteiger partial charge on any atom is 0.217 e. The van der Waals surface area contributed by atoms with Gasteiger partial charge in [0.2, 0.25) is 5.91 Å². The Labute approximate surface area is 126 Å². The molecule has 0 saturated carbocycles. The van der Waals surface area contributed by atoms with Crippen LogP contribution in [0.15, 0.2) is 11.6 Å². The molecule has 0 radical (unpaired) electrons. The summed E-state index contributed by atoms with van der Waals surface area (Å²) in [5.74, 6) is 0.0942. The third-order valence-electron chi connectivity index (χ3n) is 3.62. The number of carbonyl (C=O) groups excluding carboxylic acids is 1. The molecule has 0 fully saturated rings. The van der Waals surface area contributed by atoms with E-state index >= 15 is 0 Å². The van der Waals surface area contributed by atoms with Gasteiger partial charge in [-0.2, -0.15) is 0 Å². The van der Waals surface area contributed by atoms with Gasteiger partial charge in [0.15, 0.2) is 0 Å². The molecular weight excluding hydrogens is 246 g/mol. The fraction of sp³-hybridized carbons (Fsp3) is 0.833. The van der Waals surface area contributed by atoms with E-state index < -0.39 is 0 Å². The first-order valence-corrected chi connectivity index (χ1v) is 8.46. The molecule has 2 heteroatoms. The van der Waals surface area contributed by atoms with Crippen LogP contribution in [0.25, 0.3) is 0 Å². The molecule has 0 heterocycles. The number of rotatable bonds is 12. The van der Waals surface area contributed by atoms with Gasteiger partial charge in [-0.25, -0.2) is 0 Å². The van der Waals surface area contributed by atoms with Crippen molar-refractivity contribution >= 4 is 5.91 Å². The minimum atomic E-state index is 0.0942. The molecule has 0 aliphatic carbocycles. The average Bonchev–Trinajstić information content (AvgIpc) is 2.38. The first-order chi connectivity index (χ1) is 9.56. The molecule has 0 aromatic rings. The summed E-state index contributed by atoms with van der Waals surface area (Å²) in [7, 11) is 0. The number of allylic oxidation sites excluding steroid dienone is 1. The second kappa shape index (κ2) is 13.2. The molecule has 0 spiro atoms. The van der Waals surface area contributed by atoms with Crippen molar-refractivity contribution in [3.8, 4) is 0 Å². The maximum atomic E-state index is 11.2. The van der Waals surface area contributed by atoms with Crippen molar-refractivity contribution in [3.63, 3.8) is 0 Å². The predicted octanol–water partition coefficient (Wildman–Crippen LogP) is 5.38. The van der Waals surface area contributed by atoms with Crippen molar-refractivity contribution in [2.45, 2.75) is 97.9 Å². The molecule has 0 aliphatic rings. The summed E-state index contributed by atoms with van der Waals surface area (Å²) in [5.41, 5.74) is 1.33. The van der Waals surface area contributed by atoms with Crippen molar-refractivity contribution in [1.29, 1.82) is 0 Å². The minimum Gasteiger partial charge on any atom is -0.353 e. The van der Waals surface area contributed by atoms with Crippen molar-refractivity contribution in [2.24, 2.45) is 0 Å². The molecule has 2 nitrogen and oxygen atoms in total. The summed E-state index contributed by atoms with van der Waals surface area (Å²) in [6.45, 7) is 8.10. The number of hydrogen-bond acceptors (Lipinski definition) is 1. The molecule has 0 saturated heterocycles. The molecule has 1 amide bonds. The highest BCUT2D eigenvalue weighted by atomic mass is 16.1. The molecule has 0 aromatic carbocycles. The van der Waals surface area contributed by atoms with Gasteiger partial charge in [-0.15, -0.1) is 0 Å². The number of amides is 1. The zero-order valence-electron chi connectivity index (χ0n) is 14.1. The van der Waals surface area contributed by atoms with Crippen molar-refractivity contribution < 1.29 is 4.79 Å². The van der Waals surface area contributed by atoms with Gasteiger partial charge in [-0.1, -0.05) is 69.9 Å². The van der Waals surface area contributed by atoms with E-state index in [4.69, 9.17) is 0 Å². The van der Waals surface area contributed by atoms with Gasteiger partial charge < -0.3 is 5.32 Å². The van der Waals surface area contributed by atoms with Crippen molar-refractivity contribution in [3.05, 3.63) is 11.6 Å². The van der Waals surface area contributed by atoms with Crippen LogP contribution in [0.1, 0.15) is 91.9 Å². The Balaban J connectivity index is 3.68. The van der Waals surface area contributed by atoms with Crippen LogP contribution in [-0.4, -0.2) is 11.9 Å².